The number of carbonyl (C=O) groups excluding carboxylic acids is 1. The van der Waals surface area contributed by atoms with Crippen LogP contribution in [-0.2, 0) is 15.7 Å². The second kappa shape index (κ2) is 7.46. The van der Waals surface area contributed by atoms with Crippen molar-refractivity contribution in [3.8, 4) is 0 Å². The molecular formula is C14H17ClF4N2O2. The molecule has 1 saturated heterocycles. The number of amides is 1. The van der Waals surface area contributed by atoms with E-state index in [0.717, 1.165) is 0 Å². The summed E-state index contributed by atoms with van der Waals surface area (Å²) in [6.45, 7) is 1.07. The number of carbonyl (C=O) groups is 1. The molecule has 0 saturated carbocycles. The number of rotatable bonds is 3. The van der Waals surface area contributed by atoms with Gasteiger partial charge in [0.2, 0.25) is 0 Å². The number of anilines is 1. The highest BCUT2D eigenvalue weighted by molar-refractivity contribution is 5.97. The Balaban J connectivity index is 0.00000264. The van der Waals surface area contributed by atoms with Gasteiger partial charge < -0.3 is 15.4 Å². The minimum Gasteiger partial charge on any atom is -0.368 e. The van der Waals surface area contributed by atoms with Crippen molar-refractivity contribution >= 4 is 24.0 Å². The third-order valence-electron chi connectivity index (χ3n) is 3.76. The largest absolute Gasteiger partial charge is 0.416 e. The number of benzene rings is 1. The lowest BCUT2D eigenvalue weighted by molar-refractivity contribution is -0.141. The summed E-state index contributed by atoms with van der Waals surface area (Å²) in [6, 6.07) is 1.89. The topological polar surface area (TPSA) is 50.4 Å². The summed E-state index contributed by atoms with van der Waals surface area (Å²) in [6.07, 6.45) is -3.90. The average molecular weight is 357 g/mol. The Morgan fingerprint density at radius 3 is 2.43 bits per heavy atom. The van der Waals surface area contributed by atoms with Crippen molar-refractivity contribution in [1.29, 1.82) is 0 Å². The van der Waals surface area contributed by atoms with Crippen molar-refractivity contribution < 1.29 is 27.1 Å². The summed E-state index contributed by atoms with van der Waals surface area (Å²) in [5.74, 6) is -1.57. The van der Waals surface area contributed by atoms with Crippen LogP contribution in [0.15, 0.2) is 18.2 Å². The number of hydrogen-bond donors (Lipinski definition) is 2. The molecular weight excluding hydrogens is 340 g/mol. The second-order valence-electron chi connectivity index (χ2n) is 5.09. The normalized spacial score (nSPS) is 17.3. The summed E-state index contributed by atoms with van der Waals surface area (Å²) in [4.78, 5) is 12.3. The van der Waals surface area contributed by atoms with Gasteiger partial charge in [-0.15, -0.1) is 12.4 Å². The van der Waals surface area contributed by atoms with E-state index in [4.69, 9.17) is 4.74 Å². The lowest BCUT2D eigenvalue weighted by Gasteiger charge is -2.34. The molecule has 0 atom stereocenters. The van der Waals surface area contributed by atoms with Gasteiger partial charge in [0.25, 0.3) is 5.91 Å². The van der Waals surface area contributed by atoms with E-state index in [2.05, 4.69) is 10.6 Å². The monoisotopic (exact) mass is 356 g/mol. The van der Waals surface area contributed by atoms with Crippen molar-refractivity contribution in [2.45, 2.75) is 24.6 Å². The van der Waals surface area contributed by atoms with Gasteiger partial charge in [0.1, 0.15) is 11.4 Å². The van der Waals surface area contributed by atoms with E-state index in [1.165, 1.54) is 7.11 Å². The zero-order chi connectivity index (χ0) is 16.4. The Hall–Kier alpha value is -1.38. The first-order valence-corrected chi connectivity index (χ1v) is 6.72. The molecule has 0 aliphatic carbocycles. The van der Waals surface area contributed by atoms with Gasteiger partial charge in [0.05, 0.1) is 11.3 Å². The van der Waals surface area contributed by atoms with Crippen LogP contribution < -0.4 is 10.6 Å². The van der Waals surface area contributed by atoms with Gasteiger partial charge in [-0.1, -0.05) is 0 Å². The maximum Gasteiger partial charge on any atom is 0.416 e. The summed E-state index contributed by atoms with van der Waals surface area (Å²) >= 11 is 0. The number of nitrogens with one attached hydrogen (secondary N) is 2. The van der Waals surface area contributed by atoms with Crippen LogP contribution in [0.3, 0.4) is 0 Å². The van der Waals surface area contributed by atoms with E-state index < -0.39 is 34.8 Å². The van der Waals surface area contributed by atoms with E-state index in [9.17, 15) is 22.4 Å². The Bertz CT molecular complexity index is 560. The Kier molecular flexibility index (Phi) is 6.38. The molecule has 1 amide bonds. The minimum absolute atomic E-state index is 0. The lowest BCUT2D eigenvalue weighted by atomic mass is 9.91. The average Bonchev–Trinajstić information content (AvgIpc) is 2.49. The number of hydrogen-bond acceptors (Lipinski definition) is 3. The predicted octanol–water partition coefficient (Wildman–Crippen LogP) is 2.97. The Morgan fingerprint density at radius 1 is 1.30 bits per heavy atom. The van der Waals surface area contributed by atoms with Crippen LogP contribution in [0.4, 0.5) is 23.2 Å². The summed E-state index contributed by atoms with van der Waals surface area (Å²) in [7, 11) is 1.35. The fourth-order valence-electron chi connectivity index (χ4n) is 2.39. The molecule has 1 aromatic rings. The first-order chi connectivity index (χ1) is 10.3. The first-order valence-electron chi connectivity index (χ1n) is 6.72. The molecule has 0 spiro atoms. The number of piperidine rings is 1. The summed E-state index contributed by atoms with van der Waals surface area (Å²) in [5.41, 5.74) is -2.69. The summed E-state index contributed by atoms with van der Waals surface area (Å²) in [5, 5.41) is 5.27. The highest BCUT2D eigenvalue weighted by atomic mass is 35.5. The quantitative estimate of drug-likeness (QED) is 0.819. The summed E-state index contributed by atoms with van der Waals surface area (Å²) < 4.78 is 56.9. The zero-order valence-electron chi connectivity index (χ0n) is 12.3. The van der Waals surface area contributed by atoms with Gasteiger partial charge in [0.15, 0.2) is 0 Å². The van der Waals surface area contributed by atoms with E-state index >= 15 is 0 Å². The van der Waals surface area contributed by atoms with Crippen molar-refractivity contribution in [3.63, 3.8) is 0 Å². The molecule has 130 valence electrons. The van der Waals surface area contributed by atoms with Crippen LogP contribution in [0, 0.1) is 5.82 Å². The Labute approximate surface area is 137 Å². The highest BCUT2D eigenvalue weighted by Gasteiger charge is 2.40. The Morgan fingerprint density at radius 2 is 1.91 bits per heavy atom. The fraction of sp³-hybridized carbons (Fsp3) is 0.500. The number of methoxy groups -OCH3 is 1. The molecule has 0 bridgehead atoms. The van der Waals surface area contributed by atoms with Gasteiger partial charge in [-0.2, -0.15) is 13.2 Å². The lowest BCUT2D eigenvalue weighted by Crippen LogP contribution is -2.51. The van der Waals surface area contributed by atoms with Crippen LogP contribution >= 0.6 is 12.4 Å². The SMILES string of the molecule is COC1(C(=O)Nc2cc(C(F)(F)F)ccc2F)CCNCC1.Cl. The molecule has 4 nitrogen and oxygen atoms in total. The fourth-order valence-corrected chi connectivity index (χ4v) is 2.39. The van der Waals surface area contributed by atoms with Gasteiger partial charge in [-0.25, -0.2) is 4.39 Å². The molecule has 9 heteroatoms. The number of ether oxygens (including phenoxy) is 1. The zero-order valence-corrected chi connectivity index (χ0v) is 13.1. The maximum absolute atomic E-state index is 13.7. The van der Waals surface area contributed by atoms with Gasteiger partial charge >= 0.3 is 6.18 Å². The second-order valence-corrected chi connectivity index (χ2v) is 5.09. The molecule has 0 unspecified atom stereocenters. The predicted molar refractivity (Wildman–Crippen MR) is 79.1 cm³/mol. The molecule has 1 aromatic carbocycles. The molecule has 0 radical (unpaired) electrons. The van der Waals surface area contributed by atoms with Crippen molar-refractivity contribution in [3.05, 3.63) is 29.6 Å². The van der Waals surface area contributed by atoms with Crippen molar-refractivity contribution in [2.75, 3.05) is 25.5 Å². The van der Waals surface area contributed by atoms with Crippen LogP contribution in [0.5, 0.6) is 0 Å². The third kappa shape index (κ3) is 4.33. The minimum atomic E-state index is -4.61. The van der Waals surface area contributed by atoms with E-state index in [1.807, 2.05) is 0 Å². The van der Waals surface area contributed by atoms with Crippen LogP contribution in [0.1, 0.15) is 18.4 Å². The molecule has 1 aliphatic heterocycles. The highest BCUT2D eigenvalue weighted by Crippen LogP contribution is 2.32. The van der Waals surface area contributed by atoms with E-state index in [0.29, 0.717) is 44.1 Å². The number of halogens is 5. The van der Waals surface area contributed by atoms with Gasteiger partial charge in [-0.05, 0) is 44.1 Å². The van der Waals surface area contributed by atoms with Crippen LogP contribution in [0.25, 0.3) is 0 Å². The van der Waals surface area contributed by atoms with Crippen LogP contribution in [-0.4, -0.2) is 31.7 Å². The molecule has 1 aliphatic rings. The smallest absolute Gasteiger partial charge is 0.368 e. The molecule has 2 rings (SSSR count). The van der Waals surface area contributed by atoms with E-state index in [1.54, 1.807) is 0 Å². The first kappa shape index (κ1) is 19.7. The van der Waals surface area contributed by atoms with Crippen molar-refractivity contribution in [2.24, 2.45) is 0 Å². The molecule has 2 N–H and O–H groups in total. The molecule has 23 heavy (non-hydrogen) atoms. The van der Waals surface area contributed by atoms with Gasteiger partial charge in [-0.3, -0.25) is 4.79 Å². The third-order valence-corrected chi connectivity index (χ3v) is 3.76. The molecule has 0 aromatic heterocycles. The molecule has 1 fully saturated rings. The van der Waals surface area contributed by atoms with Gasteiger partial charge in [0, 0.05) is 7.11 Å². The standard InChI is InChI=1S/C14H16F4N2O2.ClH/c1-22-13(4-6-19-7-5-13)12(21)20-11-8-9(14(16,17)18)2-3-10(11)15;/h2-3,8,19H,4-7H2,1H3,(H,20,21);1H. The molecule has 1 heterocycles. The maximum atomic E-state index is 13.7. The van der Waals surface area contributed by atoms with Crippen molar-refractivity contribution in [1.82, 2.24) is 5.32 Å². The number of alkyl halides is 3. The van der Waals surface area contributed by atoms with E-state index in [-0.39, 0.29) is 12.4 Å². The van der Waals surface area contributed by atoms with Crippen LogP contribution in [0.2, 0.25) is 0 Å².